The summed E-state index contributed by atoms with van der Waals surface area (Å²) in [4.78, 5) is 24.9. The van der Waals surface area contributed by atoms with Crippen LogP contribution in [-0.2, 0) is 23.9 Å². The standard InChI is InChI=1S/C16H21NO.C8H5ClF3NO/c18-16-10-14-8-4-5-9-15(14)12-17(16)11-13-6-2-1-3-7-13;9-6-2-1-4(8(10,11)12)3-5(6)7(13)14/h4-5,8-9,13H,1-3,6-7,10-12H2;1-3H,(H2,13,14). The Morgan fingerprint density at radius 3 is 2.34 bits per heavy atom. The van der Waals surface area contributed by atoms with Gasteiger partial charge in [0.05, 0.1) is 22.6 Å². The van der Waals surface area contributed by atoms with E-state index in [0.29, 0.717) is 18.4 Å². The van der Waals surface area contributed by atoms with Gasteiger partial charge in [-0.2, -0.15) is 13.2 Å². The summed E-state index contributed by atoms with van der Waals surface area (Å²) in [5.41, 5.74) is 6.12. The maximum Gasteiger partial charge on any atom is 0.416 e. The molecule has 1 fully saturated rings. The summed E-state index contributed by atoms with van der Waals surface area (Å²) in [5, 5.41) is -0.0921. The molecular formula is C24H26ClF3N2O2. The smallest absolute Gasteiger partial charge is 0.366 e. The SMILES string of the molecule is NC(=O)c1cc(C(F)(F)F)ccc1Cl.O=C1Cc2ccccc2CN1CC1CCCCC1. The number of halogens is 4. The van der Waals surface area contributed by atoms with Crippen molar-refractivity contribution in [2.24, 2.45) is 11.7 Å². The Labute approximate surface area is 190 Å². The highest BCUT2D eigenvalue weighted by Crippen LogP contribution is 2.31. The molecule has 0 aromatic heterocycles. The van der Waals surface area contributed by atoms with Gasteiger partial charge < -0.3 is 10.6 Å². The molecule has 0 saturated heterocycles. The summed E-state index contributed by atoms with van der Waals surface area (Å²) < 4.78 is 36.5. The Morgan fingerprint density at radius 2 is 1.72 bits per heavy atom. The highest BCUT2D eigenvalue weighted by Gasteiger charge is 2.31. The van der Waals surface area contributed by atoms with Crippen LogP contribution in [0.4, 0.5) is 13.2 Å². The van der Waals surface area contributed by atoms with Crippen molar-refractivity contribution in [1.82, 2.24) is 4.90 Å². The molecule has 1 saturated carbocycles. The van der Waals surface area contributed by atoms with Gasteiger partial charge in [0.1, 0.15) is 0 Å². The first-order valence-corrected chi connectivity index (χ1v) is 11.0. The molecule has 4 nitrogen and oxygen atoms in total. The Balaban J connectivity index is 0.000000188. The number of hydrogen-bond donors (Lipinski definition) is 1. The summed E-state index contributed by atoms with van der Waals surface area (Å²) in [6.45, 7) is 1.80. The predicted molar refractivity (Wildman–Crippen MR) is 117 cm³/mol. The topological polar surface area (TPSA) is 63.4 Å². The number of hydrogen-bond acceptors (Lipinski definition) is 2. The molecular weight excluding hydrogens is 441 g/mol. The number of carbonyl (C=O) groups excluding carboxylic acids is 2. The fourth-order valence-corrected chi connectivity index (χ4v) is 4.40. The number of carbonyl (C=O) groups is 2. The van der Waals surface area contributed by atoms with Crippen LogP contribution in [0.15, 0.2) is 42.5 Å². The lowest BCUT2D eigenvalue weighted by Crippen LogP contribution is -2.39. The fourth-order valence-electron chi connectivity index (χ4n) is 4.19. The van der Waals surface area contributed by atoms with Gasteiger partial charge in [0.2, 0.25) is 11.8 Å². The summed E-state index contributed by atoms with van der Waals surface area (Å²) in [6.07, 6.45) is 2.80. The Morgan fingerprint density at radius 1 is 1.06 bits per heavy atom. The molecule has 2 amide bonds. The second-order valence-electron chi connectivity index (χ2n) is 8.28. The van der Waals surface area contributed by atoms with Crippen molar-refractivity contribution in [1.29, 1.82) is 0 Å². The van der Waals surface area contributed by atoms with Gasteiger partial charge in [0, 0.05) is 13.1 Å². The normalized spacial score (nSPS) is 16.8. The first-order valence-electron chi connectivity index (χ1n) is 10.7. The lowest BCUT2D eigenvalue weighted by atomic mass is 9.88. The molecule has 1 aliphatic heterocycles. The van der Waals surface area contributed by atoms with Crippen LogP contribution in [-0.4, -0.2) is 23.3 Å². The zero-order chi connectivity index (χ0) is 23.3. The molecule has 1 heterocycles. The van der Waals surface area contributed by atoms with Crippen molar-refractivity contribution in [2.75, 3.05) is 6.54 Å². The van der Waals surface area contributed by atoms with Gasteiger partial charge >= 0.3 is 6.18 Å². The molecule has 2 aromatic carbocycles. The third-order valence-electron chi connectivity index (χ3n) is 5.94. The Hall–Kier alpha value is -2.54. The molecule has 1 aliphatic carbocycles. The minimum atomic E-state index is -4.51. The van der Waals surface area contributed by atoms with Crippen LogP contribution in [0.2, 0.25) is 5.02 Å². The molecule has 0 atom stereocenters. The van der Waals surface area contributed by atoms with Gasteiger partial charge in [0.25, 0.3) is 0 Å². The summed E-state index contributed by atoms with van der Waals surface area (Å²) >= 11 is 5.47. The molecule has 172 valence electrons. The fraction of sp³-hybridized carbons (Fsp3) is 0.417. The lowest BCUT2D eigenvalue weighted by Gasteiger charge is -2.33. The quantitative estimate of drug-likeness (QED) is 0.639. The van der Waals surface area contributed by atoms with Gasteiger partial charge in [-0.05, 0) is 48.1 Å². The summed E-state index contributed by atoms with van der Waals surface area (Å²) in [7, 11) is 0. The minimum absolute atomic E-state index is 0.0921. The molecule has 0 bridgehead atoms. The first-order chi connectivity index (χ1) is 15.1. The van der Waals surface area contributed by atoms with E-state index in [1.54, 1.807) is 0 Å². The monoisotopic (exact) mass is 466 g/mol. The van der Waals surface area contributed by atoms with Crippen LogP contribution in [0.5, 0.6) is 0 Å². The van der Waals surface area contributed by atoms with Crippen molar-refractivity contribution in [3.05, 3.63) is 69.7 Å². The van der Waals surface area contributed by atoms with Gasteiger partial charge in [-0.1, -0.05) is 55.1 Å². The number of benzene rings is 2. The number of alkyl halides is 3. The van der Waals surface area contributed by atoms with E-state index >= 15 is 0 Å². The average molecular weight is 467 g/mol. The van der Waals surface area contributed by atoms with E-state index in [1.165, 1.54) is 43.2 Å². The van der Waals surface area contributed by atoms with E-state index < -0.39 is 17.6 Å². The van der Waals surface area contributed by atoms with E-state index in [9.17, 15) is 22.8 Å². The van der Waals surface area contributed by atoms with Crippen LogP contribution >= 0.6 is 11.6 Å². The van der Waals surface area contributed by atoms with E-state index in [4.69, 9.17) is 17.3 Å². The van der Waals surface area contributed by atoms with E-state index in [-0.39, 0.29) is 10.6 Å². The van der Waals surface area contributed by atoms with Gasteiger partial charge in [-0.3, -0.25) is 9.59 Å². The van der Waals surface area contributed by atoms with Crippen LogP contribution in [0.3, 0.4) is 0 Å². The highest BCUT2D eigenvalue weighted by atomic mass is 35.5. The van der Waals surface area contributed by atoms with Gasteiger partial charge in [-0.15, -0.1) is 0 Å². The zero-order valence-electron chi connectivity index (χ0n) is 17.6. The van der Waals surface area contributed by atoms with E-state index in [2.05, 4.69) is 23.1 Å². The number of fused-ring (bicyclic) bond motifs is 1. The molecule has 4 rings (SSSR count). The molecule has 0 radical (unpaired) electrons. The molecule has 2 aliphatic rings. The Kier molecular flexibility index (Phi) is 7.82. The first kappa shape index (κ1) is 24.1. The number of nitrogens with two attached hydrogens (primary N) is 1. The highest BCUT2D eigenvalue weighted by molar-refractivity contribution is 6.33. The average Bonchev–Trinajstić information content (AvgIpc) is 2.75. The Bertz CT molecular complexity index is 972. The van der Waals surface area contributed by atoms with Crippen molar-refractivity contribution < 1.29 is 22.8 Å². The lowest BCUT2D eigenvalue weighted by molar-refractivity contribution is -0.137. The summed E-state index contributed by atoms with van der Waals surface area (Å²) in [6, 6.07) is 10.8. The number of amides is 2. The number of rotatable bonds is 3. The molecule has 0 unspecified atom stereocenters. The van der Waals surface area contributed by atoms with Crippen molar-refractivity contribution >= 4 is 23.4 Å². The van der Waals surface area contributed by atoms with E-state index in [1.807, 2.05) is 6.07 Å². The number of nitrogens with zero attached hydrogens (tertiary/aromatic N) is 1. The molecule has 8 heteroatoms. The second kappa shape index (κ2) is 10.4. The van der Waals surface area contributed by atoms with Crippen molar-refractivity contribution in [3.63, 3.8) is 0 Å². The molecule has 32 heavy (non-hydrogen) atoms. The molecule has 0 spiro atoms. The molecule has 2 aromatic rings. The third-order valence-corrected chi connectivity index (χ3v) is 6.27. The predicted octanol–water partition coefficient (Wildman–Crippen LogP) is 5.61. The van der Waals surface area contributed by atoms with Crippen molar-refractivity contribution in [2.45, 2.75) is 51.2 Å². The largest absolute Gasteiger partial charge is 0.416 e. The number of primary amides is 1. The van der Waals surface area contributed by atoms with Crippen LogP contribution in [0.25, 0.3) is 0 Å². The minimum Gasteiger partial charge on any atom is -0.366 e. The second-order valence-corrected chi connectivity index (χ2v) is 8.69. The van der Waals surface area contributed by atoms with Crippen molar-refractivity contribution in [3.8, 4) is 0 Å². The van der Waals surface area contributed by atoms with Crippen LogP contribution in [0.1, 0.15) is 59.2 Å². The maximum absolute atomic E-state index is 12.2. The van der Waals surface area contributed by atoms with Gasteiger partial charge in [-0.25, -0.2) is 0 Å². The van der Waals surface area contributed by atoms with E-state index in [0.717, 1.165) is 31.1 Å². The van der Waals surface area contributed by atoms with Crippen LogP contribution in [0, 0.1) is 5.92 Å². The third kappa shape index (κ3) is 6.25. The van der Waals surface area contributed by atoms with Gasteiger partial charge in [0.15, 0.2) is 0 Å². The molecule has 2 N–H and O–H groups in total. The zero-order valence-corrected chi connectivity index (χ0v) is 18.4. The summed E-state index contributed by atoms with van der Waals surface area (Å²) in [5.74, 6) is 0.0772. The maximum atomic E-state index is 12.2. The van der Waals surface area contributed by atoms with Crippen LogP contribution < -0.4 is 5.73 Å².